The van der Waals surface area contributed by atoms with Crippen molar-refractivity contribution < 1.29 is 4.79 Å². The highest BCUT2D eigenvalue weighted by atomic mass is 32.2. The molecule has 1 heterocycles. The van der Waals surface area contributed by atoms with E-state index in [1.807, 2.05) is 38.1 Å². The van der Waals surface area contributed by atoms with Crippen LogP contribution in [0.25, 0.3) is 0 Å². The van der Waals surface area contributed by atoms with Gasteiger partial charge in [0.25, 0.3) is 0 Å². The first-order valence-electron chi connectivity index (χ1n) is 5.54. The lowest BCUT2D eigenvalue weighted by molar-refractivity contribution is -0.115. The number of hydrogen-bond donors (Lipinski definition) is 2. The van der Waals surface area contributed by atoms with Crippen LogP contribution >= 0.6 is 11.8 Å². The van der Waals surface area contributed by atoms with E-state index in [1.54, 1.807) is 0 Å². The molecule has 0 saturated heterocycles. The van der Waals surface area contributed by atoms with Crippen LogP contribution in [0.1, 0.15) is 12.5 Å². The largest absolute Gasteiger partial charge is 0.325 e. The Kier molecular flexibility index (Phi) is 3.99. The van der Waals surface area contributed by atoms with Gasteiger partial charge in [0.2, 0.25) is 5.91 Å². The highest BCUT2D eigenvalue weighted by Crippen LogP contribution is 2.20. The summed E-state index contributed by atoms with van der Waals surface area (Å²) in [6, 6.07) is 7.71. The first-order valence-corrected chi connectivity index (χ1v) is 6.42. The van der Waals surface area contributed by atoms with Gasteiger partial charge < -0.3 is 5.32 Å². The van der Waals surface area contributed by atoms with Crippen LogP contribution in [0.4, 0.5) is 5.69 Å². The maximum Gasteiger partial charge on any atom is 0.237 e. The molecule has 0 aliphatic heterocycles. The summed E-state index contributed by atoms with van der Waals surface area (Å²) in [5.74, 6) is -0.0537. The van der Waals surface area contributed by atoms with E-state index >= 15 is 0 Å². The second kappa shape index (κ2) is 5.68. The van der Waals surface area contributed by atoms with Gasteiger partial charge in [0.15, 0.2) is 5.16 Å². The van der Waals surface area contributed by atoms with Crippen LogP contribution in [0.2, 0.25) is 0 Å². The van der Waals surface area contributed by atoms with Gasteiger partial charge in [-0.05, 0) is 31.5 Å². The first kappa shape index (κ1) is 12.6. The molecule has 18 heavy (non-hydrogen) atoms. The number of anilines is 1. The third kappa shape index (κ3) is 3.33. The van der Waals surface area contributed by atoms with Crippen LogP contribution in [-0.4, -0.2) is 26.3 Å². The number of benzene rings is 1. The van der Waals surface area contributed by atoms with Crippen molar-refractivity contribution in [3.8, 4) is 0 Å². The molecule has 0 unspecified atom stereocenters. The molecule has 2 N–H and O–H groups in total. The van der Waals surface area contributed by atoms with Crippen LogP contribution in [-0.2, 0) is 4.79 Å². The highest BCUT2D eigenvalue weighted by Gasteiger charge is 2.15. The second-order valence-corrected chi connectivity index (χ2v) is 5.24. The number of carbonyl (C=O) groups excluding carboxylic acids is 1. The van der Waals surface area contributed by atoms with E-state index in [2.05, 4.69) is 20.5 Å². The van der Waals surface area contributed by atoms with E-state index in [-0.39, 0.29) is 11.2 Å². The number of nitrogens with zero attached hydrogens (tertiary/aromatic N) is 2. The number of aromatic nitrogens is 3. The average molecular weight is 262 g/mol. The summed E-state index contributed by atoms with van der Waals surface area (Å²) in [6.45, 7) is 3.82. The smallest absolute Gasteiger partial charge is 0.237 e. The molecular formula is C12H14N4OS. The lowest BCUT2D eigenvalue weighted by atomic mass is 10.2. The molecular weight excluding hydrogens is 248 g/mol. The predicted molar refractivity (Wildman–Crippen MR) is 71.5 cm³/mol. The molecule has 0 aliphatic rings. The number of thioether (sulfide) groups is 1. The van der Waals surface area contributed by atoms with E-state index in [0.29, 0.717) is 5.16 Å². The monoisotopic (exact) mass is 262 g/mol. The molecule has 2 aromatic rings. The molecule has 0 saturated carbocycles. The number of nitrogens with one attached hydrogen (secondary N) is 2. The normalized spacial score (nSPS) is 12.1. The summed E-state index contributed by atoms with van der Waals surface area (Å²) >= 11 is 1.34. The molecule has 5 nitrogen and oxygen atoms in total. The van der Waals surface area contributed by atoms with Crippen molar-refractivity contribution in [2.75, 3.05) is 5.32 Å². The molecule has 1 atom stereocenters. The quantitative estimate of drug-likeness (QED) is 0.829. The van der Waals surface area contributed by atoms with Gasteiger partial charge in [-0.25, -0.2) is 4.98 Å². The summed E-state index contributed by atoms with van der Waals surface area (Å²) in [7, 11) is 0. The fourth-order valence-electron chi connectivity index (χ4n) is 1.44. The van der Waals surface area contributed by atoms with Crippen molar-refractivity contribution in [1.82, 2.24) is 15.2 Å². The predicted octanol–water partition coefficient (Wildman–Crippen LogP) is 2.23. The van der Waals surface area contributed by atoms with Gasteiger partial charge in [-0.1, -0.05) is 23.9 Å². The summed E-state index contributed by atoms with van der Waals surface area (Å²) in [4.78, 5) is 15.9. The number of aryl methyl sites for hydroxylation is 1. The summed E-state index contributed by atoms with van der Waals surface area (Å²) < 4.78 is 0. The van der Waals surface area contributed by atoms with Gasteiger partial charge in [0.1, 0.15) is 6.33 Å². The van der Waals surface area contributed by atoms with Crippen LogP contribution < -0.4 is 5.32 Å². The molecule has 0 spiro atoms. The second-order valence-electron chi connectivity index (χ2n) is 3.91. The number of carbonyl (C=O) groups is 1. The number of H-pyrrole nitrogens is 1. The Morgan fingerprint density at radius 3 is 3.00 bits per heavy atom. The molecule has 1 aromatic carbocycles. The third-order valence-electron chi connectivity index (χ3n) is 2.34. The molecule has 0 aliphatic carbocycles. The minimum atomic E-state index is -0.238. The zero-order chi connectivity index (χ0) is 13.0. The molecule has 1 amide bonds. The zero-order valence-electron chi connectivity index (χ0n) is 10.2. The molecule has 2 rings (SSSR count). The van der Waals surface area contributed by atoms with Gasteiger partial charge in [0.05, 0.1) is 5.25 Å². The van der Waals surface area contributed by atoms with Gasteiger partial charge in [-0.2, -0.15) is 5.10 Å². The van der Waals surface area contributed by atoms with E-state index in [0.717, 1.165) is 11.3 Å². The average Bonchev–Trinajstić information content (AvgIpc) is 2.81. The van der Waals surface area contributed by atoms with Gasteiger partial charge in [-0.15, -0.1) is 0 Å². The van der Waals surface area contributed by atoms with Crippen molar-refractivity contribution >= 4 is 23.4 Å². The zero-order valence-corrected chi connectivity index (χ0v) is 11.0. The van der Waals surface area contributed by atoms with Gasteiger partial charge in [-0.3, -0.25) is 9.89 Å². The molecule has 0 fully saturated rings. The molecule has 0 radical (unpaired) electrons. The Hall–Kier alpha value is -1.82. The Morgan fingerprint density at radius 2 is 2.33 bits per heavy atom. The van der Waals surface area contributed by atoms with Crippen molar-refractivity contribution in [3.63, 3.8) is 0 Å². The fourth-order valence-corrected chi connectivity index (χ4v) is 2.15. The fraction of sp³-hybridized carbons (Fsp3) is 0.250. The molecule has 6 heteroatoms. The van der Waals surface area contributed by atoms with E-state index in [9.17, 15) is 4.79 Å². The van der Waals surface area contributed by atoms with Crippen molar-refractivity contribution in [1.29, 1.82) is 0 Å². The Balaban J connectivity index is 1.95. The number of aromatic amines is 1. The topological polar surface area (TPSA) is 70.7 Å². The molecule has 1 aromatic heterocycles. The lowest BCUT2D eigenvalue weighted by Crippen LogP contribution is -2.22. The summed E-state index contributed by atoms with van der Waals surface area (Å²) in [5, 5.41) is 9.74. The summed E-state index contributed by atoms with van der Waals surface area (Å²) in [6.07, 6.45) is 1.42. The highest BCUT2D eigenvalue weighted by molar-refractivity contribution is 8.00. The minimum absolute atomic E-state index is 0.0537. The standard InChI is InChI=1S/C12H14N4OS/c1-8-4-3-5-10(6-8)15-11(17)9(2)18-12-13-7-14-16-12/h3-7,9H,1-2H3,(H,15,17)(H,13,14,16)/t9-/m0/s1. The summed E-state index contributed by atoms with van der Waals surface area (Å²) in [5.41, 5.74) is 1.92. The SMILES string of the molecule is Cc1cccc(NC(=O)[C@H](C)Sc2ncn[nH]2)c1. The van der Waals surface area contributed by atoms with Crippen LogP contribution in [0, 0.1) is 6.92 Å². The van der Waals surface area contributed by atoms with Gasteiger partial charge >= 0.3 is 0 Å². The van der Waals surface area contributed by atoms with Crippen LogP contribution in [0.3, 0.4) is 0 Å². The first-order chi connectivity index (χ1) is 8.65. The third-order valence-corrected chi connectivity index (χ3v) is 3.32. The maximum absolute atomic E-state index is 12.0. The Morgan fingerprint density at radius 1 is 1.50 bits per heavy atom. The van der Waals surface area contributed by atoms with Crippen molar-refractivity contribution in [3.05, 3.63) is 36.2 Å². The number of amides is 1. The van der Waals surface area contributed by atoms with Gasteiger partial charge in [0, 0.05) is 5.69 Å². The Labute approximate surface area is 109 Å². The van der Waals surface area contributed by atoms with Crippen LogP contribution in [0.5, 0.6) is 0 Å². The number of hydrogen-bond acceptors (Lipinski definition) is 4. The van der Waals surface area contributed by atoms with Crippen molar-refractivity contribution in [2.24, 2.45) is 0 Å². The van der Waals surface area contributed by atoms with E-state index in [4.69, 9.17) is 0 Å². The minimum Gasteiger partial charge on any atom is -0.325 e. The van der Waals surface area contributed by atoms with E-state index < -0.39 is 0 Å². The maximum atomic E-state index is 12.0. The molecule has 0 bridgehead atoms. The lowest BCUT2D eigenvalue weighted by Gasteiger charge is -2.10. The van der Waals surface area contributed by atoms with Crippen LogP contribution in [0.15, 0.2) is 35.7 Å². The number of rotatable bonds is 4. The van der Waals surface area contributed by atoms with E-state index in [1.165, 1.54) is 18.1 Å². The Bertz CT molecular complexity index is 527. The van der Waals surface area contributed by atoms with Crippen molar-refractivity contribution in [2.45, 2.75) is 24.3 Å². The molecule has 94 valence electrons.